The summed E-state index contributed by atoms with van der Waals surface area (Å²) in [5.74, 6) is 0.359. The number of rotatable bonds is 7. The first-order valence-corrected chi connectivity index (χ1v) is 13.8. The summed E-state index contributed by atoms with van der Waals surface area (Å²) in [5, 5.41) is 3.13. The number of alkyl halides is 3. The minimum atomic E-state index is -4.34. The van der Waals surface area contributed by atoms with Crippen molar-refractivity contribution in [2.75, 3.05) is 31.1 Å². The summed E-state index contributed by atoms with van der Waals surface area (Å²) in [6.07, 6.45) is 1.85. The topological polar surface area (TPSA) is 62.1 Å². The molecule has 7 nitrogen and oxygen atoms in total. The van der Waals surface area contributed by atoms with Gasteiger partial charge >= 0.3 is 6.18 Å². The summed E-state index contributed by atoms with van der Waals surface area (Å²) >= 11 is 0. The fourth-order valence-electron chi connectivity index (χ4n) is 5.33. The number of nitrogens with one attached hydrogen (secondary N) is 1. The number of benzene rings is 2. The van der Waals surface area contributed by atoms with Crippen LogP contribution in [0.1, 0.15) is 47.2 Å². The number of hydrogen-bond acceptors (Lipinski definition) is 5. The van der Waals surface area contributed by atoms with Crippen LogP contribution in [0.25, 0.3) is 4.85 Å². The van der Waals surface area contributed by atoms with Gasteiger partial charge in [-0.05, 0) is 48.7 Å². The van der Waals surface area contributed by atoms with E-state index in [-0.39, 0.29) is 18.1 Å². The van der Waals surface area contributed by atoms with Crippen molar-refractivity contribution in [3.8, 4) is 5.75 Å². The zero-order valence-electron chi connectivity index (χ0n) is 22.6. The Morgan fingerprint density at radius 1 is 0.976 bits per heavy atom. The van der Waals surface area contributed by atoms with Gasteiger partial charge in [-0.25, -0.2) is 4.85 Å². The molecule has 0 saturated carbocycles. The number of likely N-dealkylation sites (tertiary alicyclic amines) is 1. The molecule has 0 unspecified atom stereocenters. The van der Waals surface area contributed by atoms with Crippen molar-refractivity contribution in [3.05, 3.63) is 95.1 Å². The first-order valence-electron chi connectivity index (χ1n) is 13.8. The minimum absolute atomic E-state index is 0.0669. The highest BCUT2D eigenvalue weighted by Crippen LogP contribution is 2.31. The fourth-order valence-corrected chi connectivity index (χ4v) is 5.33. The third-order valence-electron chi connectivity index (χ3n) is 7.67. The summed E-state index contributed by atoms with van der Waals surface area (Å²) in [4.78, 5) is 25.0. The maximum absolute atomic E-state index is 13.0. The average molecular weight is 564 g/mol. The lowest BCUT2D eigenvalue weighted by atomic mass is 10.0. The van der Waals surface area contributed by atoms with Crippen molar-refractivity contribution in [2.24, 2.45) is 0 Å². The average Bonchev–Trinajstić information content (AvgIpc) is 2.99. The number of carbonyl (C=O) groups is 1. The molecule has 0 aliphatic carbocycles. The molecule has 0 radical (unpaired) electrons. The third-order valence-corrected chi connectivity index (χ3v) is 7.67. The molecular weight excluding hydrogens is 531 g/mol. The highest BCUT2D eigenvalue weighted by molar-refractivity contribution is 5.94. The molecule has 3 aromatic rings. The summed E-state index contributed by atoms with van der Waals surface area (Å²) in [7, 11) is 0. The van der Waals surface area contributed by atoms with E-state index in [0.717, 1.165) is 50.3 Å². The van der Waals surface area contributed by atoms with Crippen LogP contribution in [0.2, 0.25) is 0 Å². The molecule has 1 aromatic heterocycles. The fraction of sp³-hybridized carbons (Fsp3) is 0.387. The molecule has 2 aromatic carbocycles. The number of pyridine rings is 1. The quantitative estimate of drug-likeness (QED) is 0.353. The Kier molecular flexibility index (Phi) is 8.74. The Bertz CT molecular complexity index is 1360. The number of halogens is 3. The molecule has 41 heavy (non-hydrogen) atoms. The van der Waals surface area contributed by atoms with Crippen molar-refractivity contribution in [2.45, 2.75) is 50.6 Å². The normalized spacial score (nSPS) is 17.2. The third kappa shape index (κ3) is 7.55. The minimum Gasteiger partial charge on any atom is -0.489 e. The molecule has 0 spiro atoms. The number of ether oxygens (including phenoxy) is 1. The van der Waals surface area contributed by atoms with Crippen LogP contribution in [0, 0.1) is 6.57 Å². The molecule has 0 bridgehead atoms. The van der Waals surface area contributed by atoms with Gasteiger partial charge in [0.25, 0.3) is 5.91 Å². The van der Waals surface area contributed by atoms with Gasteiger partial charge in [0, 0.05) is 63.5 Å². The van der Waals surface area contributed by atoms with E-state index in [1.807, 2.05) is 24.3 Å². The zero-order valence-corrected chi connectivity index (χ0v) is 22.6. The molecule has 2 aliphatic heterocycles. The van der Waals surface area contributed by atoms with Gasteiger partial charge in [-0.3, -0.25) is 14.7 Å². The van der Waals surface area contributed by atoms with Crippen LogP contribution in [-0.2, 0) is 12.7 Å². The standard InChI is InChI=1S/C31H32F3N5O2/c1-35-25-6-2-22(3-7-25)21-38-14-10-26(11-15-38)37-30(40)23-18-29(20-36-19-23)41-28-12-16-39(17-13-28)27-8-4-24(5-9-27)31(32,33)34/h2-9,18-20,26,28H,10-17,21H2,(H,37,40). The van der Waals surface area contributed by atoms with Crippen molar-refractivity contribution < 1.29 is 22.7 Å². The van der Waals surface area contributed by atoms with E-state index in [2.05, 4.69) is 24.9 Å². The SMILES string of the molecule is [C-]#[N+]c1ccc(CN2CCC(NC(=O)c3cncc(OC4CCN(c5ccc(C(F)(F)F)cc5)CC4)c3)CC2)cc1. The lowest BCUT2D eigenvalue weighted by molar-refractivity contribution is -0.137. The largest absolute Gasteiger partial charge is 0.489 e. The Balaban J connectivity index is 1.07. The highest BCUT2D eigenvalue weighted by Gasteiger charge is 2.30. The van der Waals surface area contributed by atoms with E-state index >= 15 is 0 Å². The smallest absolute Gasteiger partial charge is 0.416 e. The molecule has 1 amide bonds. The number of anilines is 1. The van der Waals surface area contributed by atoms with Gasteiger partial charge in [0.05, 0.1) is 23.9 Å². The lowest BCUT2D eigenvalue weighted by Gasteiger charge is -2.34. The molecular formula is C31H32F3N5O2. The summed E-state index contributed by atoms with van der Waals surface area (Å²) in [5.41, 5.74) is 2.38. The van der Waals surface area contributed by atoms with Gasteiger partial charge in [-0.1, -0.05) is 24.3 Å². The van der Waals surface area contributed by atoms with Gasteiger partial charge < -0.3 is 15.0 Å². The second-order valence-electron chi connectivity index (χ2n) is 10.6. The van der Waals surface area contributed by atoms with Crippen LogP contribution in [0.5, 0.6) is 5.75 Å². The maximum atomic E-state index is 13.0. The molecule has 1 N–H and O–H groups in total. The number of aromatic nitrogens is 1. The van der Waals surface area contributed by atoms with Gasteiger partial charge in [0.2, 0.25) is 0 Å². The number of nitrogens with zero attached hydrogens (tertiary/aromatic N) is 4. The van der Waals surface area contributed by atoms with Crippen molar-refractivity contribution >= 4 is 17.3 Å². The Morgan fingerprint density at radius 3 is 2.29 bits per heavy atom. The van der Waals surface area contributed by atoms with Gasteiger partial charge in [0.1, 0.15) is 11.9 Å². The molecule has 10 heteroatoms. The van der Waals surface area contributed by atoms with Crippen molar-refractivity contribution in [1.82, 2.24) is 15.2 Å². The van der Waals surface area contributed by atoms with E-state index in [1.54, 1.807) is 12.3 Å². The van der Waals surface area contributed by atoms with Crippen LogP contribution < -0.4 is 15.0 Å². The summed E-state index contributed by atoms with van der Waals surface area (Å²) < 4.78 is 44.7. The molecule has 5 rings (SSSR count). The van der Waals surface area contributed by atoms with Crippen molar-refractivity contribution in [3.63, 3.8) is 0 Å². The predicted octanol–water partition coefficient (Wildman–Crippen LogP) is 6.09. The second kappa shape index (κ2) is 12.6. The summed E-state index contributed by atoms with van der Waals surface area (Å²) in [6, 6.07) is 14.7. The molecule has 0 atom stereocenters. The molecule has 2 saturated heterocycles. The lowest BCUT2D eigenvalue weighted by Crippen LogP contribution is -2.44. The van der Waals surface area contributed by atoms with Crippen LogP contribution >= 0.6 is 0 Å². The molecule has 2 aliphatic rings. The van der Waals surface area contributed by atoms with E-state index in [9.17, 15) is 18.0 Å². The Hall–Kier alpha value is -4.10. The van der Waals surface area contributed by atoms with E-state index < -0.39 is 11.7 Å². The number of hydrogen-bond donors (Lipinski definition) is 1. The van der Waals surface area contributed by atoms with E-state index in [1.165, 1.54) is 23.9 Å². The summed E-state index contributed by atoms with van der Waals surface area (Å²) in [6.45, 7) is 11.0. The van der Waals surface area contributed by atoms with Crippen LogP contribution in [0.4, 0.5) is 24.5 Å². The molecule has 3 heterocycles. The molecule has 214 valence electrons. The predicted molar refractivity (Wildman–Crippen MR) is 150 cm³/mol. The second-order valence-corrected chi connectivity index (χ2v) is 10.6. The van der Waals surface area contributed by atoms with Crippen LogP contribution in [0.15, 0.2) is 67.0 Å². The number of amides is 1. The highest BCUT2D eigenvalue weighted by atomic mass is 19.4. The first kappa shape index (κ1) is 28.4. The Morgan fingerprint density at radius 2 is 1.66 bits per heavy atom. The number of piperidine rings is 2. The maximum Gasteiger partial charge on any atom is 0.416 e. The van der Waals surface area contributed by atoms with Crippen LogP contribution in [-0.4, -0.2) is 54.1 Å². The first-order chi connectivity index (χ1) is 19.8. The monoisotopic (exact) mass is 563 g/mol. The van der Waals surface area contributed by atoms with E-state index in [4.69, 9.17) is 11.3 Å². The van der Waals surface area contributed by atoms with Gasteiger partial charge in [-0.15, -0.1) is 0 Å². The molecule has 2 fully saturated rings. The van der Waals surface area contributed by atoms with Gasteiger partial charge in [-0.2, -0.15) is 13.2 Å². The Labute approximate surface area is 237 Å². The van der Waals surface area contributed by atoms with Crippen LogP contribution in [0.3, 0.4) is 0 Å². The zero-order chi connectivity index (χ0) is 28.8. The van der Waals surface area contributed by atoms with Gasteiger partial charge in [0.15, 0.2) is 5.69 Å². The number of carbonyl (C=O) groups excluding carboxylic acids is 1. The van der Waals surface area contributed by atoms with Crippen molar-refractivity contribution in [1.29, 1.82) is 0 Å². The van der Waals surface area contributed by atoms with E-state index in [0.29, 0.717) is 42.9 Å².